The van der Waals surface area contributed by atoms with Crippen molar-refractivity contribution in [2.24, 2.45) is 0 Å². The summed E-state index contributed by atoms with van der Waals surface area (Å²) in [4.78, 5) is 11.7. The van der Waals surface area contributed by atoms with E-state index in [1.807, 2.05) is 36.4 Å². The Labute approximate surface area is 129 Å². The van der Waals surface area contributed by atoms with Crippen LogP contribution >= 0.6 is 0 Å². The number of hydrogen-bond acceptors (Lipinski definition) is 4. The van der Waals surface area contributed by atoms with Gasteiger partial charge >= 0.3 is 12.3 Å². The van der Waals surface area contributed by atoms with Crippen LogP contribution in [0.15, 0.2) is 48.5 Å². The second-order valence-corrected chi connectivity index (χ2v) is 5.16. The van der Waals surface area contributed by atoms with Crippen molar-refractivity contribution in [1.29, 1.82) is 0 Å². The lowest BCUT2D eigenvalue weighted by Gasteiger charge is -2.12. The van der Waals surface area contributed by atoms with Gasteiger partial charge in [-0.05, 0) is 30.2 Å². The van der Waals surface area contributed by atoms with Crippen LogP contribution in [0.2, 0.25) is 0 Å². The van der Waals surface area contributed by atoms with Crippen LogP contribution in [0.25, 0.3) is 0 Å². The van der Waals surface area contributed by atoms with E-state index in [-0.39, 0.29) is 5.92 Å². The number of rotatable bonds is 4. The van der Waals surface area contributed by atoms with Gasteiger partial charge in [0.1, 0.15) is 0 Å². The van der Waals surface area contributed by atoms with Crippen LogP contribution in [0.3, 0.4) is 0 Å². The second-order valence-electron chi connectivity index (χ2n) is 5.16. The molecule has 3 rings (SSSR count). The maximum absolute atomic E-state index is 11.7. The molecular weight excluding hydrogens is 280 g/mol. The highest BCUT2D eigenvalue weighted by atomic mass is 16.7. The van der Waals surface area contributed by atoms with E-state index in [1.165, 1.54) is 5.56 Å². The number of esters is 1. The van der Waals surface area contributed by atoms with Gasteiger partial charge in [0.15, 0.2) is 11.5 Å². The Balaban J connectivity index is 1.79. The molecule has 114 valence electrons. The van der Waals surface area contributed by atoms with E-state index in [1.54, 1.807) is 6.92 Å². The van der Waals surface area contributed by atoms with Gasteiger partial charge in [0, 0.05) is 5.92 Å². The molecular formula is C18H18O4. The Morgan fingerprint density at radius 2 is 1.82 bits per heavy atom. The fourth-order valence-corrected chi connectivity index (χ4v) is 2.48. The Morgan fingerprint density at radius 1 is 1.09 bits per heavy atom. The molecule has 0 bridgehead atoms. The summed E-state index contributed by atoms with van der Waals surface area (Å²) in [5, 5.41) is 0. The lowest BCUT2D eigenvalue weighted by molar-refractivity contribution is -0.161. The van der Waals surface area contributed by atoms with Crippen molar-refractivity contribution >= 4 is 5.97 Å². The molecule has 0 spiro atoms. The Morgan fingerprint density at radius 3 is 2.55 bits per heavy atom. The maximum Gasteiger partial charge on any atom is 0.389 e. The van der Waals surface area contributed by atoms with Gasteiger partial charge in [-0.2, -0.15) is 0 Å². The summed E-state index contributed by atoms with van der Waals surface area (Å²) >= 11 is 0. The summed E-state index contributed by atoms with van der Waals surface area (Å²) < 4.78 is 15.9. The van der Waals surface area contributed by atoms with E-state index in [2.05, 4.69) is 19.1 Å². The van der Waals surface area contributed by atoms with Gasteiger partial charge in [-0.25, -0.2) is 4.79 Å². The standard InChI is InChI=1S/C18H18O4/c1-3-20-17(19)18-21-15-10-9-14(11-16(15)22-18)12(2)13-7-5-4-6-8-13/h4-12,18H,3H2,1-2H3/t12-,18+/m0/s1. The molecule has 1 aliphatic rings. The summed E-state index contributed by atoms with van der Waals surface area (Å²) in [6.07, 6.45) is -1.00. The van der Waals surface area contributed by atoms with Gasteiger partial charge in [-0.1, -0.05) is 43.3 Å². The molecule has 0 fully saturated rings. The molecule has 1 heterocycles. The minimum absolute atomic E-state index is 0.233. The number of hydrogen-bond donors (Lipinski definition) is 0. The predicted molar refractivity (Wildman–Crippen MR) is 82.1 cm³/mol. The van der Waals surface area contributed by atoms with Gasteiger partial charge in [0.2, 0.25) is 0 Å². The van der Waals surface area contributed by atoms with Crippen LogP contribution in [0, 0.1) is 0 Å². The molecule has 0 radical (unpaired) electrons. The highest BCUT2D eigenvalue weighted by Crippen LogP contribution is 2.38. The van der Waals surface area contributed by atoms with Crippen LogP contribution in [0.5, 0.6) is 11.5 Å². The minimum Gasteiger partial charge on any atom is -0.460 e. The van der Waals surface area contributed by atoms with Crippen molar-refractivity contribution in [1.82, 2.24) is 0 Å². The van der Waals surface area contributed by atoms with Gasteiger partial charge < -0.3 is 14.2 Å². The Hall–Kier alpha value is -2.49. The molecule has 22 heavy (non-hydrogen) atoms. The van der Waals surface area contributed by atoms with Crippen molar-refractivity contribution in [3.8, 4) is 11.5 Å². The molecule has 1 aliphatic heterocycles. The molecule has 2 aromatic carbocycles. The first-order valence-corrected chi connectivity index (χ1v) is 7.38. The predicted octanol–water partition coefficient (Wildman–Crippen LogP) is 3.50. The fourth-order valence-electron chi connectivity index (χ4n) is 2.48. The zero-order chi connectivity index (χ0) is 15.5. The maximum atomic E-state index is 11.7. The third-order valence-corrected chi connectivity index (χ3v) is 3.71. The van der Waals surface area contributed by atoms with Crippen molar-refractivity contribution in [2.75, 3.05) is 6.61 Å². The average Bonchev–Trinajstić information content (AvgIpc) is 2.98. The van der Waals surface area contributed by atoms with E-state index in [0.29, 0.717) is 18.1 Å². The summed E-state index contributed by atoms with van der Waals surface area (Å²) in [5.41, 5.74) is 2.33. The highest BCUT2D eigenvalue weighted by Gasteiger charge is 2.32. The van der Waals surface area contributed by atoms with Crippen molar-refractivity contribution in [2.45, 2.75) is 26.1 Å². The van der Waals surface area contributed by atoms with E-state index in [0.717, 1.165) is 5.56 Å². The van der Waals surface area contributed by atoms with Gasteiger partial charge in [0.25, 0.3) is 0 Å². The summed E-state index contributed by atoms with van der Waals surface area (Å²) in [6, 6.07) is 16.0. The van der Waals surface area contributed by atoms with Gasteiger partial charge in [-0.15, -0.1) is 0 Å². The quantitative estimate of drug-likeness (QED) is 0.810. The first kappa shape index (κ1) is 14.4. The Bertz CT molecular complexity index is 666. The zero-order valence-electron chi connectivity index (χ0n) is 12.6. The van der Waals surface area contributed by atoms with Crippen LogP contribution < -0.4 is 9.47 Å². The molecule has 0 aliphatic carbocycles. The topological polar surface area (TPSA) is 44.8 Å². The molecule has 4 heteroatoms. The van der Waals surface area contributed by atoms with Crippen LogP contribution in [-0.4, -0.2) is 18.9 Å². The molecule has 0 saturated heterocycles. The fraction of sp³-hybridized carbons (Fsp3) is 0.278. The summed E-state index contributed by atoms with van der Waals surface area (Å²) in [6.45, 7) is 4.18. The molecule has 0 aromatic heterocycles. The number of ether oxygens (including phenoxy) is 3. The molecule has 0 saturated carbocycles. The molecule has 0 N–H and O–H groups in total. The summed E-state index contributed by atoms with van der Waals surface area (Å²) in [5.74, 6) is 0.883. The van der Waals surface area contributed by atoms with Crippen LogP contribution in [-0.2, 0) is 9.53 Å². The van der Waals surface area contributed by atoms with Crippen molar-refractivity contribution in [3.05, 3.63) is 59.7 Å². The molecule has 0 amide bonds. The molecule has 4 nitrogen and oxygen atoms in total. The van der Waals surface area contributed by atoms with Crippen LogP contribution in [0.4, 0.5) is 0 Å². The third-order valence-electron chi connectivity index (χ3n) is 3.71. The lowest BCUT2D eigenvalue weighted by atomic mass is 9.93. The van der Waals surface area contributed by atoms with Gasteiger partial charge in [-0.3, -0.25) is 0 Å². The SMILES string of the molecule is CCOC(=O)[C@@H]1Oc2ccc([C@@H](C)c3ccccc3)cc2O1. The lowest BCUT2D eigenvalue weighted by Crippen LogP contribution is -2.30. The normalized spacial score (nSPS) is 17.1. The van der Waals surface area contributed by atoms with Crippen molar-refractivity contribution in [3.63, 3.8) is 0 Å². The average molecular weight is 298 g/mol. The second kappa shape index (κ2) is 6.10. The zero-order valence-corrected chi connectivity index (χ0v) is 12.6. The minimum atomic E-state index is -1.00. The smallest absolute Gasteiger partial charge is 0.389 e. The monoisotopic (exact) mass is 298 g/mol. The van der Waals surface area contributed by atoms with E-state index in [4.69, 9.17) is 14.2 Å². The highest BCUT2D eigenvalue weighted by molar-refractivity contribution is 5.75. The molecule has 2 atom stereocenters. The Kier molecular flexibility index (Phi) is 4.00. The van der Waals surface area contributed by atoms with Gasteiger partial charge in [0.05, 0.1) is 6.61 Å². The van der Waals surface area contributed by atoms with Crippen LogP contribution in [0.1, 0.15) is 30.9 Å². The molecule has 2 aromatic rings. The first-order valence-electron chi connectivity index (χ1n) is 7.38. The van der Waals surface area contributed by atoms with Crippen molar-refractivity contribution < 1.29 is 19.0 Å². The number of benzene rings is 2. The first-order chi connectivity index (χ1) is 10.7. The van der Waals surface area contributed by atoms with E-state index in [9.17, 15) is 4.79 Å². The van der Waals surface area contributed by atoms with E-state index >= 15 is 0 Å². The number of fused-ring (bicyclic) bond motifs is 1. The van der Waals surface area contributed by atoms with E-state index < -0.39 is 12.3 Å². The number of carbonyl (C=O) groups is 1. The third kappa shape index (κ3) is 2.77. The number of carbonyl (C=O) groups excluding carboxylic acids is 1. The largest absolute Gasteiger partial charge is 0.460 e. The summed E-state index contributed by atoms with van der Waals surface area (Å²) in [7, 11) is 0. The molecule has 0 unspecified atom stereocenters.